The molecule has 0 fully saturated rings. The molecule has 0 aliphatic rings. The minimum Gasteiger partial charge on any atom is -0.491 e. The third kappa shape index (κ3) is 4.74. The molecule has 1 unspecified atom stereocenters. The zero-order valence-corrected chi connectivity index (χ0v) is 10.2. The van der Waals surface area contributed by atoms with Crippen LogP contribution in [0.5, 0.6) is 5.75 Å². The normalized spacial score (nSPS) is 12.5. The second-order valence-corrected chi connectivity index (χ2v) is 4.34. The molecule has 0 aromatic heterocycles. The van der Waals surface area contributed by atoms with E-state index in [0.29, 0.717) is 22.3 Å². The molecule has 84 valence electrons. The van der Waals surface area contributed by atoms with Crippen LogP contribution in [0.15, 0.2) is 18.2 Å². The van der Waals surface area contributed by atoms with E-state index in [-0.39, 0.29) is 6.10 Å². The molecule has 1 aromatic carbocycles. The van der Waals surface area contributed by atoms with Gasteiger partial charge in [0.2, 0.25) is 0 Å². The Kier molecular flexibility index (Phi) is 5.23. The first kappa shape index (κ1) is 12.6. The van der Waals surface area contributed by atoms with Crippen LogP contribution >= 0.6 is 23.2 Å². The zero-order chi connectivity index (χ0) is 11.3. The van der Waals surface area contributed by atoms with Crippen molar-refractivity contribution in [1.82, 2.24) is 0 Å². The molecule has 1 aromatic rings. The van der Waals surface area contributed by atoms with Crippen LogP contribution in [0.3, 0.4) is 0 Å². The van der Waals surface area contributed by atoms with Gasteiger partial charge in [-0.15, -0.1) is 0 Å². The monoisotopic (exact) mass is 247 g/mol. The van der Waals surface area contributed by atoms with Crippen LogP contribution in [-0.2, 0) is 0 Å². The predicted molar refractivity (Wildman–Crippen MR) is 64.8 cm³/mol. The summed E-state index contributed by atoms with van der Waals surface area (Å²) >= 11 is 11.7. The minimum atomic E-state index is 0.128. The first-order valence-electron chi connectivity index (χ1n) is 4.94. The predicted octanol–water partition coefficient (Wildman–Crippen LogP) is 3.50. The summed E-state index contributed by atoms with van der Waals surface area (Å²) in [6, 6.07) is 5.19. The van der Waals surface area contributed by atoms with E-state index in [1.165, 1.54) is 0 Å². The van der Waals surface area contributed by atoms with E-state index in [1.807, 2.05) is 6.92 Å². The summed E-state index contributed by atoms with van der Waals surface area (Å²) in [5, 5.41) is 1.17. The second kappa shape index (κ2) is 6.21. The summed E-state index contributed by atoms with van der Waals surface area (Å²) < 4.78 is 5.65. The number of rotatable bonds is 5. The van der Waals surface area contributed by atoms with Crippen molar-refractivity contribution in [2.24, 2.45) is 5.73 Å². The topological polar surface area (TPSA) is 35.2 Å². The largest absolute Gasteiger partial charge is 0.491 e. The maximum Gasteiger partial charge on any atom is 0.122 e. The van der Waals surface area contributed by atoms with Crippen molar-refractivity contribution >= 4 is 23.2 Å². The van der Waals surface area contributed by atoms with Gasteiger partial charge in [0.05, 0.1) is 6.10 Å². The summed E-state index contributed by atoms with van der Waals surface area (Å²) in [6.07, 6.45) is 2.01. The first-order valence-corrected chi connectivity index (χ1v) is 5.70. The van der Waals surface area contributed by atoms with Gasteiger partial charge < -0.3 is 10.5 Å². The van der Waals surface area contributed by atoms with Gasteiger partial charge in [-0.3, -0.25) is 0 Å². The van der Waals surface area contributed by atoms with Crippen molar-refractivity contribution in [1.29, 1.82) is 0 Å². The van der Waals surface area contributed by atoms with Gasteiger partial charge in [-0.1, -0.05) is 23.2 Å². The smallest absolute Gasteiger partial charge is 0.122 e. The molecule has 0 bridgehead atoms. The van der Waals surface area contributed by atoms with Gasteiger partial charge in [0, 0.05) is 10.0 Å². The van der Waals surface area contributed by atoms with E-state index in [9.17, 15) is 0 Å². The number of ether oxygens (including phenoxy) is 1. The molecule has 0 aliphatic carbocycles. The maximum absolute atomic E-state index is 5.85. The van der Waals surface area contributed by atoms with Crippen LogP contribution in [0.1, 0.15) is 19.8 Å². The Balaban J connectivity index is 2.56. The van der Waals surface area contributed by atoms with Crippen molar-refractivity contribution in [3.05, 3.63) is 28.2 Å². The molecule has 0 radical (unpaired) electrons. The SMILES string of the molecule is CC(CCCN)Oc1cc(Cl)cc(Cl)c1. The summed E-state index contributed by atoms with van der Waals surface area (Å²) in [6.45, 7) is 2.69. The highest BCUT2D eigenvalue weighted by Crippen LogP contribution is 2.25. The van der Waals surface area contributed by atoms with E-state index in [2.05, 4.69) is 0 Å². The Labute approximate surface area is 100 Å². The molecule has 0 aliphatic heterocycles. The van der Waals surface area contributed by atoms with Gasteiger partial charge in [-0.25, -0.2) is 0 Å². The number of benzene rings is 1. The highest BCUT2D eigenvalue weighted by molar-refractivity contribution is 6.34. The van der Waals surface area contributed by atoms with Crippen molar-refractivity contribution in [2.75, 3.05) is 6.54 Å². The molecule has 2 nitrogen and oxygen atoms in total. The lowest BCUT2D eigenvalue weighted by atomic mass is 10.2. The molecular weight excluding hydrogens is 233 g/mol. The molecular formula is C11H15Cl2NO. The van der Waals surface area contributed by atoms with Gasteiger partial charge >= 0.3 is 0 Å². The fourth-order valence-corrected chi connectivity index (χ4v) is 1.80. The molecule has 1 atom stereocenters. The summed E-state index contributed by atoms with van der Waals surface area (Å²) in [5.74, 6) is 0.706. The Morgan fingerprint density at radius 1 is 1.27 bits per heavy atom. The molecule has 0 saturated carbocycles. The molecule has 0 spiro atoms. The summed E-state index contributed by atoms with van der Waals surface area (Å²) in [5.41, 5.74) is 5.42. The van der Waals surface area contributed by atoms with Crippen LogP contribution in [0, 0.1) is 0 Å². The van der Waals surface area contributed by atoms with Gasteiger partial charge in [0.15, 0.2) is 0 Å². The van der Waals surface area contributed by atoms with Crippen LogP contribution < -0.4 is 10.5 Å². The maximum atomic E-state index is 5.85. The Morgan fingerprint density at radius 2 is 1.87 bits per heavy atom. The van der Waals surface area contributed by atoms with Crippen molar-refractivity contribution in [3.8, 4) is 5.75 Å². The van der Waals surface area contributed by atoms with Crippen molar-refractivity contribution in [3.63, 3.8) is 0 Å². The number of nitrogens with two attached hydrogens (primary N) is 1. The lowest BCUT2D eigenvalue weighted by molar-refractivity contribution is 0.209. The minimum absolute atomic E-state index is 0.128. The summed E-state index contributed by atoms with van der Waals surface area (Å²) in [4.78, 5) is 0. The van der Waals surface area contributed by atoms with Crippen LogP contribution in [0.2, 0.25) is 10.0 Å². The van der Waals surface area contributed by atoms with Crippen LogP contribution in [0.4, 0.5) is 0 Å². The molecule has 0 amide bonds. The van der Waals surface area contributed by atoms with Gasteiger partial charge in [-0.05, 0) is 44.5 Å². The number of halogens is 2. The summed E-state index contributed by atoms with van der Waals surface area (Å²) in [7, 11) is 0. The van der Waals surface area contributed by atoms with Crippen molar-refractivity contribution < 1.29 is 4.74 Å². The van der Waals surface area contributed by atoms with E-state index in [4.69, 9.17) is 33.7 Å². The fourth-order valence-electron chi connectivity index (χ4n) is 1.29. The Morgan fingerprint density at radius 3 is 2.40 bits per heavy atom. The molecule has 1 rings (SSSR count). The molecule has 15 heavy (non-hydrogen) atoms. The van der Waals surface area contributed by atoms with E-state index < -0.39 is 0 Å². The zero-order valence-electron chi connectivity index (χ0n) is 8.67. The quantitative estimate of drug-likeness (QED) is 0.865. The third-order valence-electron chi connectivity index (χ3n) is 1.99. The van der Waals surface area contributed by atoms with Crippen LogP contribution in [0.25, 0.3) is 0 Å². The lowest BCUT2D eigenvalue weighted by Crippen LogP contribution is -2.13. The number of hydrogen-bond acceptors (Lipinski definition) is 2. The Hall–Kier alpha value is -0.440. The molecule has 2 N–H and O–H groups in total. The fraction of sp³-hybridized carbons (Fsp3) is 0.455. The second-order valence-electron chi connectivity index (χ2n) is 3.46. The van der Waals surface area contributed by atoms with E-state index in [1.54, 1.807) is 18.2 Å². The van der Waals surface area contributed by atoms with E-state index >= 15 is 0 Å². The average molecular weight is 248 g/mol. The standard InChI is InChI=1S/C11H15Cl2NO/c1-8(3-2-4-14)15-11-6-9(12)5-10(13)7-11/h5-8H,2-4,14H2,1H3. The van der Waals surface area contributed by atoms with Crippen molar-refractivity contribution in [2.45, 2.75) is 25.9 Å². The highest BCUT2D eigenvalue weighted by atomic mass is 35.5. The number of hydrogen-bond donors (Lipinski definition) is 1. The lowest BCUT2D eigenvalue weighted by Gasteiger charge is -2.14. The average Bonchev–Trinajstić information content (AvgIpc) is 2.13. The van der Waals surface area contributed by atoms with Gasteiger partial charge in [-0.2, -0.15) is 0 Å². The van der Waals surface area contributed by atoms with Crippen LogP contribution in [-0.4, -0.2) is 12.6 Å². The highest BCUT2D eigenvalue weighted by Gasteiger charge is 2.05. The molecule has 4 heteroatoms. The molecule has 0 heterocycles. The van der Waals surface area contributed by atoms with Gasteiger partial charge in [0.25, 0.3) is 0 Å². The molecule has 0 saturated heterocycles. The van der Waals surface area contributed by atoms with E-state index in [0.717, 1.165) is 12.8 Å². The first-order chi connectivity index (χ1) is 7.11. The third-order valence-corrected chi connectivity index (χ3v) is 2.42. The Bertz CT molecular complexity index is 297. The van der Waals surface area contributed by atoms with Gasteiger partial charge in [0.1, 0.15) is 5.75 Å².